The van der Waals surface area contributed by atoms with Gasteiger partial charge in [0.05, 0.1) is 0 Å². The fourth-order valence-corrected chi connectivity index (χ4v) is 5.93. The third kappa shape index (κ3) is 2.93. The van der Waals surface area contributed by atoms with Crippen molar-refractivity contribution in [2.24, 2.45) is 0 Å². The van der Waals surface area contributed by atoms with Crippen LogP contribution in [0.1, 0.15) is 16.7 Å². The Kier molecular flexibility index (Phi) is 4.41. The highest BCUT2D eigenvalue weighted by molar-refractivity contribution is 6.30. The van der Waals surface area contributed by atoms with E-state index in [0.717, 1.165) is 49.7 Å². The molecule has 0 radical (unpaired) electrons. The summed E-state index contributed by atoms with van der Waals surface area (Å²) < 4.78 is 0. The number of benzene rings is 6. The topological polar surface area (TPSA) is 20.2 Å². The smallest absolute Gasteiger partial charge is 0.143 e. The van der Waals surface area contributed by atoms with E-state index in [-0.39, 0.29) is 0 Å². The molecule has 0 saturated carbocycles. The lowest BCUT2D eigenvalue weighted by atomic mass is 9.78. The highest BCUT2D eigenvalue weighted by Crippen LogP contribution is 2.55. The van der Waals surface area contributed by atoms with Crippen LogP contribution in [0, 0.1) is 0 Å². The molecule has 0 heterocycles. The molecule has 6 aromatic rings. The molecule has 0 spiro atoms. The summed E-state index contributed by atoms with van der Waals surface area (Å²) >= 11 is 6.51. The molecular formula is C33H21ClO. The van der Waals surface area contributed by atoms with Gasteiger partial charge in [0.25, 0.3) is 0 Å². The molecule has 6 aromatic carbocycles. The molecule has 0 aromatic heterocycles. The van der Waals surface area contributed by atoms with Gasteiger partial charge in [0.15, 0.2) is 0 Å². The maximum absolute atomic E-state index is 12.9. The first-order valence-electron chi connectivity index (χ1n) is 11.8. The molecule has 0 bridgehead atoms. The molecule has 0 fully saturated rings. The van der Waals surface area contributed by atoms with E-state index >= 15 is 0 Å². The lowest BCUT2D eigenvalue weighted by Crippen LogP contribution is -2.27. The van der Waals surface area contributed by atoms with Crippen molar-refractivity contribution in [2.45, 2.75) is 5.60 Å². The summed E-state index contributed by atoms with van der Waals surface area (Å²) in [5.41, 5.74) is 5.40. The monoisotopic (exact) mass is 468 g/mol. The second-order valence-electron chi connectivity index (χ2n) is 9.22. The van der Waals surface area contributed by atoms with E-state index in [0.29, 0.717) is 5.02 Å². The van der Waals surface area contributed by atoms with Crippen molar-refractivity contribution in [3.8, 4) is 22.3 Å². The summed E-state index contributed by atoms with van der Waals surface area (Å²) in [6.07, 6.45) is 0. The second kappa shape index (κ2) is 7.55. The zero-order chi connectivity index (χ0) is 23.6. The molecule has 1 atom stereocenters. The van der Waals surface area contributed by atoms with E-state index < -0.39 is 5.60 Å². The molecule has 0 aliphatic heterocycles. The summed E-state index contributed by atoms with van der Waals surface area (Å²) in [5, 5.41) is 18.0. The van der Waals surface area contributed by atoms with Crippen LogP contribution in [0.2, 0.25) is 5.02 Å². The van der Waals surface area contributed by atoms with E-state index in [1.54, 1.807) is 0 Å². The van der Waals surface area contributed by atoms with Gasteiger partial charge in [-0.1, -0.05) is 115 Å². The molecule has 1 aliphatic rings. The van der Waals surface area contributed by atoms with Crippen LogP contribution >= 0.6 is 11.6 Å². The molecule has 1 unspecified atom stereocenters. The van der Waals surface area contributed by atoms with E-state index in [4.69, 9.17) is 11.6 Å². The standard InChI is InChI=1S/C33H21ClO/c34-25-16-18-28-29-17-15-22-8-3-4-11-27(22)32(29)33(35,31(28)20-25)30-12-6-5-10-26(30)24-14-13-21-7-1-2-9-23(21)19-24/h1-20,35H. The highest BCUT2D eigenvalue weighted by Gasteiger charge is 2.45. The van der Waals surface area contributed by atoms with Crippen LogP contribution in [0.4, 0.5) is 0 Å². The number of rotatable bonds is 2. The Bertz CT molecular complexity index is 1780. The zero-order valence-corrected chi connectivity index (χ0v) is 19.6. The van der Waals surface area contributed by atoms with Crippen LogP contribution in [-0.2, 0) is 5.60 Å². The van der Waals surface area contributed by atoms with Crippen molar-refractivity contribution in [1.29, 1.82) is 0 Å². The van der Waals surface area contributed by atoms with Gasteiger partial charge in [0.1, 0.15) is 5.60 Å². The number of fused-ring (bicyclic) bond motifs is 6. The van der Waals surface area contributed by atoms with Crippen molar-refractivity contribution < 1.29 is 5.11 Å². The van der Waals surface area contributed by atoms with Gasteiger partial charge in [-0.3, -0.25) is 0 Å². The predicted octanol–water partition coefficient (Wildman–Crippen LogP) is 8.58. The molecule has 1 N–H and O–H groups in total. The Labute approximate surface area is 208 Å². The summed E-state index contributed by atoms with van der Waals surface area (Å²) in [6.45, 7) is 0. The van der Waals surface area contributed by atoms with Gasteiger partial charge in [0.2, 0.25) is 0 Å². The molecule has 2 heteroatoms. The molecule has 0 amide bonds. The first kappa shape index (κ1) is 20.5. The second-order valence-corrected chi connectivity index (χ2v) is 9.65. The van der Waals surface area contributed by atoms with Crippen LogP contribution in [0.25, 0.3) is 43.8 Å². The van der Waals surface area contributed by atoms with E-state index in [1.165, 1.54) is 10.8 Å². The van der Waals surface area contributed by atoms with Gasteiger partial charge in [-0.15, -0.1) is 0 Å². The Hall–Kier alpha value is -3.91. The molecule has 166 valence electrons. The summed E-state index contributed by atoms with van der Waals surface area (Å²) in [7, 11) is 0. The maximum atomic E-state index is 12.9. The third-order valence-electron chi connectivity index (χ3n) is 7.33. The fraction of sp³-hybridized carbons (Fsp3) is 0.0303. The summed E-state index contributed by atoms with van der Waals surface area (Å²) in [5.74, 6) is 0. The van der Waals surface area contributed by atoms with Crippen molar-refractivity contribution in [3.63, 3.8) is 0 Å². The van der Waals surface area contributed by atoms with Crippen molar-refractivity contribution in [1.82, 2.24) is 0 Å². The quantitative estimate of drug-likeness (QED) is 0.270. The zero-order valence-electron chi connectivity index (χ0n) is 18.9. The van der Waals surface area contributed by atoms with Gasteiger partial charge in [-0.25, -0.2) is 0 Å². The summed E-state index contributed by atoms with van der Waals surface area (Å²) in [4.78, 5) is 0. The highest BCUT2D eigenvalue weighted by atomic mass is 35.5. The first-order valence-corrected chi connectivity index (χ1v) is 12.2. The Morgan fingerprint density at radius 2 is 1.20 bits per heavy atom. The number of aliphatic hydroxyl groups is 1. The molecular weight excluding hydrogens is 448 g/mol. The predicted molar refractivity (Wildman–Crippen MR) is 146 cm³/mol. The van der Waals surface area contributed by atoms with Gasteiger partial charge in [-0.05, 0) is 62.0 Å². The minimum absolute atomic E-state index is 0.613. The van der Waals surface area contributed by atoms with Gasteiger partial charge >= 0.3 is 0 Å². The van der Waals surface area contributed by atoms with E-state index in [2.05, 4.69) is 72.8 Å². The minimum atomic E-state index is -1.35. The van der Waals surface area contributed by atoms with E-state index in [9.17, 15) is 5.11 Å². The molecule has 7 rings (SSSR count). The van der Waals surface area contributed by atoms with Crippen LogP contribution in [-0.4, -0.2) is 5.11 Å². The lowest BCUT2D eigenvalue weighted by Gasteiger charge is -2.30. The average Bonchev–Trinajstić information content (AvgIpc) is 3.17. The Morgan fingerprint density at radius 1 is 0.514 bits per heavy atom. The summed E-state index contributed by atoms with van der Waals surface area (Å²) in [6, 6.07) is 41.4. The van der Waals surface area contributed by atoms with Crippen LogP contribution < -0.4 is 0 Å². The Morgan fingerprint density at radius 3 is 2.09 bits per heavy atom. The van der Waals surface area contributed by atoms with Crippen LogP contribution in [0.5, 0.6) is 0 Å². The fourth-order valence-electron chi connectivity index (χ4n) is 5.76. The Balaban J connectivity index is 1.58. The molecule has 0 saturated heterocycles. The van der Waals surface area contributed by atoms with Gasteiger partial charge in [0, 0.05) is 21.7 Å². The largest absolute Gasteiger partial charge is 0.376 e. The van der Waals surface area contributed by atoms with Gasteiger partial charge in [-0.2, -0.15) is 0 Å². The van der Waals surface area contributed by atoms with Crippen LogP contribution in [0.3, 0.4) is 0 Å². The normalized spacial score (nSPS) is 16.4. The molecule has 35 heavy (non-hydrogen) atoms. The SMILES string of the molecule is OC1(c2ccccc2-c2ccc3ccccc3c2)c2cc(Cl)ccc2-c2ccc3ccccc3c21. The average molecular weight is 469 g/mol. The maximum Gasteiger partial charge on any atom is 0.143 e. The van der Waals surface area contributed by atoms with Crippen molar-refractivity contribution in [2.75, 3.05) is 0 Å². The third-order valence-corrected chi connectivity index (χ3v) is 7.56. The van der Waals surface area contributed by atoms with Gasteiger partial charge < -0.3 is 5.11 Å². The molecule has 1 aliphatic carbocycles. The first-order chi connectivity index (χ1) is 17.1. The lowest BCUT2D eigenvalue weighted by molar-refractivity contribution is 0.133. The number of hydrogen-bond donors (Lipinski definition) is 1. The minimum Gasteiger partial charge on any atom is -0.376 e. The molecule has 1 nitrogen and oxygen atoms in total. The van der Waals surface area contributed by atoms with Crippen molar-refractivity contribution >= 4 is 33.1 Å². The number of hydrogen-bond acceptors (Lipinski definition) is 1. The van der Waals surface area contributed by atoms with E-state index in [1.807, 2.05) is 48.5 Å². The number of halogens is 1. The van der Waals surface area contributed by atoms with Crippen LogP contribution in [0.15, 0.2) is 121 Å². The van der Waals surface area contributed by atoms with Crippen molar-refractivity contribution in [3.05, 3.63) is 143 Å².